The molecule has 0 aliphatic carbocycles. The molecule has 0 aliphatic rings. The van der Waals surface area contributed by atoms with Gasteiger partial charge in [0.2, 0.25) is 0 Å². The summed E-state index contributed by atoms with van der Waals surface area (Å²) in [6, 6.07) is 11.9. The molecule has 88 valence electrons. The van der Waals surface area contributed by atoms with E-state index in [2.05, 4.69) is 31.9 Å². The van der Waals surface area contributed by atoms with Gasteiger partial charge < -0.3 is 5.73 Å². The van der Waals surface area contributed by atoms with Crippen molar-refractivity contribution in [2.24, 2.45) is 5.73 Å². The van der Waals surface area contributed by atoms with E-state index in [1.165, 1.54) is 6.07 Å². The summed E-state index contributed by atoms with van der Waals surface area (Å²) in [6.45, 7) is 0. The molecule has 0 amide bonds. The van der Waals surface area contributed by atoms with Gasteiger partial charge in [-0.1, -0.05) is 50.1 Å². The highest BCUT2D eigenvalue weighted by molar-refractivity contribution is 9.10. The largest absolute Gasteiger partial charge is 0.320 e. The molecule has 0 bridgehead atoms. The summed E-state index contributed by atoms with van der Waals surface area (Å²) in [4.78, 5) is 0. The molecule has 1 atom stereocenters. The monoisotopic (exact) mass is 357 g/mol. The number of benzene rings is 2. The number of hydrogen-bond acceptors (Lipinski definition) is 1. The molecule has 1 unspecified atom stereocenters. The van der Waals surface area contributed by atoms with Crippen molar-refractivity contribution in [3.05, 3.63) is 68.4 Å². The maximum Gasteiger partial charge on any atom is 0.128 e. The van der Waals surface area contributed by atoms with Gasteiger partial charge in [0, 0.05) is 14.5 Å². The zero-order valence-electron chi connectivity index (χ0n) is 8.83. The van der Waals surface area contributed by atoms with Crippen LogP contribution in [-0.4, -0.2) is 0 Å². The number of rotatable bonds is 2. The molecule has 17 heavy (non-hydrogen) atoms. The summed E-state index contributed by atoms with van der Waals surface area (Å²) in [6.07, 6.45) is 0. The second-order valence-electron chi connectivity index (χ2n) is 3.67. The topological polar surface area (TPSA) is 26.0 Å². The Labute approximate surface area is 116 Å². The first-order valence-corrected chi connectivity index (χ1v) is 6.63. The van der Waals surface area contributed by atoms with E-state index in [4.69, 9.17) is 5.73 Å². The summed E-state index contributed by atoms with van der Waals surface area (Å²) in [5, 5.41) is 0. The van der Waals surface area contributed by atoms with Crippen LogP contribution in [0.15, 0.2) is 51.4 Å². The maximum absolute atomic E-state index is 13.7. The molecular weight excluding hydrogens is 349 g/mol. The average Bonchev–Trinajstić information content (AvgIpc) is 2.32. The first-order chi connectivity index (χ1) is 8.09. The van der Waals surface area contributed by atoms with Crippen LogP contribution in [0.25, 0.3) is 0 Å². The quantitative estimate of drug-likeness (QED) is 0.845. The lowest BCUT2D eigenvalue weighted by atomic mass is 9.99. The normalized spacial score (nSPS) is 12.5. The Morgan fingerprint density at radius 2 is 1.71 bits per heavy atom. The number of nitrogens with two attached hydrogens (primary N) is 1. The van der Waals surface area contributed by atoms with Crippen molar-refractivity contribution in [3.8, 4) is 0 Å². The highest BCUT2D eigenvalue weighted by atomic mass is 79.9. The van der Waals surface area contributed by atoms with E-state index < -0.39 is 6.04 Å². The van der Waals surface area contributed by atoms with Gasteiger partial charge in [0.05, 0.1) is 6.04 Å². The van der Waals surface area contributed by atoms with Gasteiger partial charge in [-0.15, -0.1) is 0 Å². The van der Waals surface area contributed by atoms with E-state index >= 15 is 0 Å². The second kappa shape index (κ2) is 5.29. The van der Waals surface area contributed by atoms with Crippen molar-refractivity contribution < 1.29 is 4.39 Å². The van der Waals surface area contributed by atoms with Crippen molar-refractivity contribution in [1.29, 1.82) is 0 Å². The van der Waals surface area contributed by atoms with Crippen LogP contribution in [0, 0.1) is 5.82 Å². The van der Waals surface area contributed by atoms with Gasteiger partial charge in [0.15, 0.2) is 0 Å². The predicted molar refractivity (Wildman–Crippen MR) is 74.3 cm³/mol. The van der Waals surface area contributed by atoms with Crippen LogP contribution in [0.1, 0.15) is 17.2 Å². The van der Waals surface area contributed by atoms with Gasteiger partial charge in [-0.2, -0.15) is 0 Å². The Hall–Kier alpha value is -0.710. The van der Waals surface area contributed by atoms with E-state index in [1.807, 2.05) is 24.3 Å². The molecule has 2 aromatic rings. The summed E-state index contributed by atoms with van der Waals surface area (Å²) < 4.78 is 15.4. The van der Waals surface area contributed by atoms with Crippen LogP contribution in [0.5, 0.6) is 0 Å². The Bertz CT molecular complexity index is 543. The molecule has 2 aromatic carbocycles. The third-order valence-corrected chi connectivity index (χ3v) is 3.75. The third kappa shape index (κ3) is 2.76. The fourth-order valence-electron chi connectivity index (χ4n) is 1.65. The first-order valence-electron chi connectivity index (χ1n) is 5.04. The molecule has 0 spiro atoms. The Morgan fingerprint density at radius 3 is 2.41 bits per heavy atom. The number of halogens is 3. The standard InChI is InChI=1S/C13H10Br2FN/c14-8-5-6-12(16)10(7-8)13(17)9-3-1-2-4-11(9)15/h1-7,13H,17H2. The highest BCUT2D eigenvalue weighted by Crippen LogP contribution is 2.29. The molecule has 0 saturated carbocycles. The van der Waals surface area contributed by atoms with E-state index in [9.17, 15) is 4.39 Å². The highest BCUT2D eigenvalue weighted by Gasteiger charge is 2.15. The van der Waals surface area contributed by atoms with Gasteiger partial charge in [-0.3, -0.25) is 0 Å². The summed E-state index contributed by atoms with van der Waals surface area (Å²) in [5.41, 5.74) is 7.44. The molecule has 0 saturated heterocycles. The Kier molecular flexibility index (Phi) is 3.97. The molecule has 0 fully saturated rings. The molecular formula is C13H10Br2FN. The minimum Gasteiger partial charge on any atom is -0.320 e. The molecule has 0 aromatic heterocycles. The van der Waals surface area contributed by atoms with E-state index in [1.54, 1.807) is 12.1 Å². The van der Waals surface area contributed by atoms with E-state index in [-0.39, 0.29) is 5.82 Å². The smallest absolute Gasteiger partial charge is 0.128 e. The van der Waals surface area contributed by atoms with Crippen LogP contribution in [0.4, 0.5) is 4.39 Å². The van der Waals surface area contributed by atoms with Gasteiger partial charge in [-0.25, -0.2) is 4.39 Å². The van der Waals surface area contributed by atoms with Crippen molar-refractivity contribution >= 4 is 31.9 Å². The lowest BCUT2D eigenvalue weighted by molar-refractivity contribution is 0.599. The fourth-order valence-corrected chi connectivity index (χ4v) is 2.56. The van der Waals surface area contributed by atoms with Crippen LogP contribution >= 0.6 is 31.9 Å². The van der Waals surface area contributed by atoms with Gasteiger partial charge in [0.25, 0.3) is 0 Å². The van der Waals surface area contributed by atoms with E-state index in [0.717, 1.165) is 14.5 Å². The average molecular weight is 359 g/mol. The predicted octanol–water partition coefficient (Wildman–Crippen LogP) is 4.40. The Balaban J connectivity index is 2.47. The van der Waals surface area contributed by atoms with Crippen molar-refractivity contribution in [1.82, 2.24) is 0 Å². The SMILES string of the molecule is NC(c1cc(Br)ccc1F)c1ccccc1Br. The van der Waals surface area contributed by atoms with Crippen molar-refractivity contribution in [2.75, 3.05) is 0 Å². The van der Waals surface area contributed by atoms with Crippen LogP contribution in [0.2, 0.25) is 0 Å². The van der Waals surface area contributed by atoms with Crippen molar-refractivity contribution in [3.63, 3.8) is 0 Å². The molecule has 2 N–H and O–H groups in total. The molecule has 0 aliphatic heterocycles. The summed E-state index contributed by atoms with van der Waals surface area (Å²) in [5.74, 6) is -0.295. The van der Waals surface area contributed by atoms with Gasteiger partial charge in [-0.05, 0) is 29.8 Å². The lowest BCUT2D eigenvalue weighted by Gasteiger charge is -2.15. The van der Waals surface area contributed by atoms with Crippen LogP contribution in [0.3, 0.4) is 0 Å². The Morgan fingerprint density at radius 1 is 1.00 bits per heavy atom. The fraction of sp³-hybridized carbons (Fsp3) is 0.0769. The van der Waals surface area contributed by atoms with Crippen molar-refractivity contribution in [2.45, 2.75) is 6.04 Å². The van der Waals surface area contributed by atoms with Crippen LogP contribution < -0.4 is 5.73 Å². The molecule has 2 rings (SSSR count). The summed E-state index contributed by atoms with van der Waals surface area (Å²) >= 11 is 6.74. The zero-order chi connectivity index (χ0) is 12.4. The summed E-state index contributed by atoms with van der Waals surface area (Å²) in [7, 11) is 0. The van der Waals surface area contributed by atoms with Gasteiger partial charge in [0.1, 0.15) is 5.82 Å². The second-order valence-corrected chi connectivity index (χ2v) is 5.44. The lowest BCUT2D eigenvalue weighted by Crippen LogP contribution is -2.14. The third-order valence-electron chi connectivity index (χ3n) is 2.53. The number of hydrogen-bond donors (Lipinski definition) is 1. The minimum absolute atomic E-state index is 0.295. The van der Waals surface area contributed by atoms with Crippen LogP contribution in [-0.2, 0) is 0 Å². The molecule has 0 radical (unpaired) electrons. The zero-order valence-corrected chi connectivity index (χ0v) is 12.0. The first kappa shape index (κ1) is 12.7. The molecule has 1 nitrogen and oxygen atoms in total. The maximum atomic E-state index is 13.7. The molecule has 4 heteroatoms. The van der Waals surface area contributed by atoms with Gasteiger partial charge >= 0.3 is 0 Å². The minimum atomic E-state index is -0.483. The molecule has 0 heterocycles. The van der Waals surface area contributed by atoms with E-state index in [0.29, 0.717) is 5.56 Å².